The molecule has 2 rings (SSSR count). The van der Waals surface area contributed by atoms with E-state index in [0.29, 0.717) is 5.41 Å². The van der Waals surface area contributed by atoms with Gasteiger partial charge in [-0.3, -0.25) is 0 Å². The first-order valence-electron chi connectivity index (χ1n) is 5.74. The quantitative estimate of drug-likeness (QED) is 0.636. The van der Waals surface area contributed by atoms with Crippen molar-refractivity contribution in [3.8, 4) is 0 Å². The molecular weight excluding hydrogens is 160 g/mol. The zero-order valence-corrected chi connectivity index (χ0v) is 9.23. The van der Waals surface area contributed by atoms with Gasteiger partial charge in [0.1, 0.15) is 0 Å². The Kier molecular flexibility index (Phi) is 2.18. The maximum atomic E-state index is 6.03. The van der Waals surface area contributed by atoms with Crippen LogP contribution in [0.3, 0.4) is 0 Å². The van der Waals surface area contributed by atoms with E-state index in [0.717, 1.165) is 12.5 Å². The van der Waals surface area contributed by atoms with Gasteiger partial charge in [-0.05, 0) is 43.9 Å². The lowest BCUT2D eigenvalue weighted by Gasteiger charge is -2.39. The van der Waals surface area contributed by atoms with Gasteiger partial charge in [-0.15, -0.1) is 0 Å². The van der Waals surface area contributed by atoms with Crippen LogP contribution < -0.4 is 0 Å². The summed E-state index contributed by atoms with van der Waals surface area (Å²) in [5, 5.41) is 0. The molecule has 0 aromatic rings. The summed E-state index contributed by atoms with van der Waals surface area (Å²) >= 11 is 0. The van der Waals surface area contributed by atoms with Crippen LogP contribution in [0.4, 0.5) is 0 Å². The van der Waals surface area contributed by atoms with Crippen LogP contribution in [0.15, 0.2) is 0 Å². The normalized spacial score (nSPS) is 49.6. The van der Waals surface area contributed by atoms with Crippen LogP contribution in [0.2, 0.25) is 0 Å². The monoisotopic (exact) mass is 182 g/mol. The average molecular weight is 182 g/mol. The molecule has 13 heavy (non-hydrogen) atoms. The molecule has 0 amide bonds. The Morgan fingerprint density at radius 2 is 2.23 bits per heavy atom. The van der Waals surface area contributed by atoms with E-state index in [4.69, 9.17) is 4.74 Å². The van der Waals surface area contributed by atoms with Crippen molar-refractivity contribution in [2.45, 2.75) is 58.5 Å². The summed E-state index contributed by atoms with van der Waals surface area (Å²) in [6.45, 7) is 7.99. The van der Waals surface area contributed by atoms with Crippen LogP contribution in [0.5, 0.6) is 0 Å². The van der Waals surface area contributed by atoms with Crippen LogP contribution in [0, 0.1) is 11.3 Å². The Bertz CT molecular complexity index is 197. The minimum atomic E-state index is 0.216. The lowest BCUT2D eigenvalue weighted by molar-refractivity contribution is -0.0233. The van der Waals surface area contributed by atoms with E-state index in [1.807, 2.05) is 0 Å². The minimum Gasteiger partial charge on any atom is -0.374 e. The number of fused-ring (bicyclic) bond motifs is 2. The minimum absolute atomic E-state index is 0.216. The third-order valence-corrected chi connectivity index (χ3v) is 4.36. The molecule has 0 spiro atoms. The van der Waals surface area contributed by atoms with Gasteiger partial charge < -0.3 is 4.74 Å². The molecule has 2 aliphatic rings. The summed E-state index contributed by atoms with van der Waals surface area (Å²) in [6.07, 6.45) is 6.77. The molecule has 1 saturated carbocycles. The van der Waals surface area contributed by atoms with Crippen LogP contribution >= 0.6 is 0 Å². The molecule has 2 bridgehead atoms. The first kappa shape index (κ1) is 9.51. The average Bonchev–Trinajstić information content (AvgIpc) is 2.37. The van der Waals surface area contributed by atoms with Crippen molar-refractivity contribution in [3.05, 3.63) is 0 Å². The zero-order chi connectivity index (χ0) is 9.53. The Hall–Kier alpha value is -0.0400. The van der Waals surface area contributed by atoms with Gasteiger partial charge in [0.15, 0.2) is 0 Å². The molecule has 76 valence electrons. The van der Waals surface area contributed by atoms with Gasteiger partial charge in [-0.1, -0.05) is 20.3 Å². The Balaban J connectivity index is 2.13. The largest absolute Gasteiger partial charge is 0.374 e. The number of ether oxygens (including phenoxy) is 1. The molecule has 1 aliphatic carbocycles. The molecular formula is C12H22O. The van der Waals surface area contributed by atoms with E-state index in [1.54, 1.807) is 0 Å². The topological polar surface area (TPSA) is 9.23 Å². The van der Waals surface area contributed by atoms with E-state index in [-0.39, 0.29) is 5.60 Å². The van der Waals surface area contributed by atoms with Crippen molar-refractivity contribution in [3.63, 3.8) is 0 Å². The van der Waals surface area contributed by atoms with E-state index >= 15 is 0 Å². The first-order valence-corrected chi connectivity index (χ1v) is 5.74. The predicted molar refractivity (Wildman–Crippen MR) is 54.7 cm³/mol. The highest BCUT2D eigenvalue weighted by atomic mass is 16.5. The summed E-state index contributed by atoms with van der Waals surface area (Å²) in [5.41, 5.74) is 0.781. The van der Waals surface area contributed by atoms with Crippen LogP contribution in [-0.4, -0.2) is 12.2 Å². The van der Waals surface area contributed by atoms with Gasteiger partial charge in [0, 0.05) is 0 Å². The van der Waals surface area contributed by atoms with E-state index in [1.165, 1.54) is 32.1 Å². The molecule has 0 N–H and O–H groups in total. The van der Waals surface area contributed by atoms with Crippen molar-refractivity contribution in [1.29, 1.82) is 0 Å². The number of hydrogen-bond acceptors (Lipinski definition) is 1. The van der Waals surface area contributed by atoms with E-state index < -0.39 is 0 Å². The number of hydrogen-bond donors (Lipinski definition) is 0. The van der Waals surface area contributed by atoms with E-state index in [9.17, 15) is 0 Å². The highest BCUT2D eigenvalue weighted by Crippen LogP contribution is 2.54. The smallest absolute Gasteiger partial charge is 0.0686 e. The molecule has 0 aromatic heterocycles. The lowest BCUT2D eigenvalue weighted by atomic mass is 9.65. The van der Waals surface area contributed by atoms with Crippen molar-refractivity contribution < 1.29 is 4.74 Å². The Morgan fingerprint density at radius 3 is 2.92 bits per heavy atom. The van der Waals surface area contributed by atoms with Gasteiger partial charge in [0.2, 0.25) is 0 Å². The maximum absolute atomic E-state index is 6.03. The summed E-state index contributed by atoms with van der Waals surface area (Å²) < 4.78 is 6.03. The highest BCUT2D eigenvalue weighted by molar-refractivity contribution is 5.01. The van der Waals surface area contributed by atoms with Crippen LogP contribution in [-0.2, 0) is 4.74 Å². The fraction of sp³-hybridized carbons (Fsp3) is 1.00. The van der Waals surface area contributed by atoms with Crippen molar-refractivity contribution in [2.24, 2.45) is 11.3 Å². The van der Waals surface area contributed by atoms with Gasteiger partial charge in [0.05, 0.1) is 12.2 Å². The molecule has 0 radical (unpaired) electrons. The fourth-order valence-corrected chi connectivity index (χ4v) is 3.29. The Labute approximate surface area is 81.9 Å². The molecule has 0 aromatic carbocycles. The van der Waals surface area contributed by atoms with E-state index in [2.05, 4.69) is 20.8 Å². The summed E-state index contributed by atoms with van der Waals surface area (Å²) in [6, 6.07) is 0. The van der Waals surface area contributed by atoms with Crippen molar-refractivity contribution in [1.82, 2.24) is 0 Å². The molecule has 1 heteroatoms. The van der Waals surface area contributed by atoms with Crippen molar-refractivity contribution in [2.75, 3.05) is 6.61 Å². The molecule has 2 fully saturated rings. The highest BCUT2D eigenvalue weighted by Gasteiger charge is 2.52. The number of rotatable bonds is 2. The molecule has 1 saturated heterocycles. The summed E-state index contributed by atoms with van der Waals surface area (Å²) in [4.78, 5) is 0. The van der Waals surface area contributed by atoms with Gasteiger partial charge in [0.25, 0.3) is 0 Å². The Morgan fingerprint density at radius 1 is 1.46 bits per heavy atom. The molecule has 1 nitrogen and oxygen atoms in total. The van der Waals surface area contributed by atoms with Gasteiger partial charge >= 0.3 is 0 Å². The van der Waals surface area contributed by atoms with Crippen LogP contribution in [0.25, 0.3) is 0 Å². The zero-order valence-electron chi connectivity index (χ0n) is 9.23. The predicted octanol–water partition coefficient (Wildman–Crippen LogP) is 3.38. The summed E-state index contributed by atoms with van der Waals surface area (Å²) in [5.74, 6) is 0.764. The second-order valence-electron chi connectivity index (χ2n) is 5.47. The fourth-order valence-electron chi connectivity index (χ4n) is 3.29. The molecule has 2 unspecified atom stereocenters. The first-order chi connectivity index (χ1) is 6.10. The second kappa shape index (κ2) is 2.98. The third kappa shape index (κ3) is 1.41. The standard InChI is InChI=1S/C12H22O/c1-4-6-12-7-5-10(2)11(3,8-12)13-9-12/h10H,4-9H2,1-3H3/t10?,11?,12-/m0/s1. The molecule has 3 atom stereocenters. The summed E-state index contributed by atoms with van der Waals surface area (Å²) in [7, 11) is 0. The molecule has 1 heterocycles. The maximum Gasteiger partial charge on any atom is 0.0686 e. The van der Waals surface area contributed by atoms with Gasteiger partial charge in [-0.25, -0.2) is 0 Å². The van der Waals surface area contributed by atoms with Crippen LogP contribution in [0.1, 0.15) is 52.9 Å². The van der Waals surface area contributed by atoms with Gasteiger partial charge in [-0.2, -0.15) is 0 Å². The SMILES string of the molecule is CCC[C@]12CCC(C)C(C)(C1)OC2. The lowest BCUT2D eigenvalue weighted by Crippen LogP contribution is -2.38. The third-order valence-electron chi connectivity index (χ3n) is 4.36. The second-order valence-corrected chi connectivity index (χ2v) is 5.47. The van der Waals surface area contributed by atoms with Crippen molar-refractivity contribution >= 4 is 0 Å². The molecule has 1 aliphatic heterocycles.